The molecule has 0 radical (unpaired) electrons. The first-order valence-electron chi connectivity index (χ1n) is 10.1. The van der Waals surface area contributed by atoms with Crippen molar-refractivity contribution in [3.63, 3.8) is 0 Å². The number of imidazole rings is 1. The van der Waals surface area contributed by atoms with Gasteiger partial charge in [0, 0.05) is 26.5 Å². The van der Waals surface area contributed by atoms with Crippen LogP contribution in [0.15, 0.2) is 42.5 Å². The Balaban J connectivity index is 1.42. The maximum Gasteiger partial charge on any atom is 0.220 e. The summed E-state index contributed by atoms with van der Waals surface area (Å²) in [5.74, 6) is 1.85. The molecule has 0 spiro atoms. The molecule has 6 nitrogen and oxygen atoms in total. The highest BCUT2D eigenvalue weighted by Crippen LogP contribution is 2.26. The Labute approximate surface area is 170 Å². The van der Waals surface area contributed by atoms with Crippen molar-refractivity contribution in [2.24, 2.45) is 0 Å². The van der Waals surface area contributed by atoms with Crippen LogP contribution in [-0.4, -0.2) is 35.8 Å². The summed E-state index contributed by atoms with van der Waals surface area (Å²) < 4.78 is 12.9. The van der Waals surface area contributed by atoms with E-state index in [1.54, 1.807) is 7.11 Å². The highest BCUT2D eigenvalue weighted by Gasteiger charge is 2.18. The van der Waals surface area contributed by atoms with Gasteiger partial charge in [0.15, 0.2) is 0 Å². The van der Waals surface area contributed by atoms with Gasteiger partial charge < -0.3 is 19.4 Å². The number of hydrogen-bond acceptors (Lipinski definition) is 4. The largest absolute Gasteiger partial charge is 0.493 e. The first-order chi connectivity index (χ1) is 14.2. The maximum atomic E-state index is 12.6. The summed E-state index contributed by atoms with van der Waals surface area (Å²) in [6.45, 7) is 4.02. The topological polar surface area (TPSA) is 65.4 Å². The average molecular weight is 393 g/mol. The van der Waals surface area contributed by atoms with Crippen LogP contribution in [0.1, 0.15) is 36.3 Å². The minimum atomic E-state index is -0.180. The third-order valence-electron chi connectivity index (χ3n) is 5.36. The molecule has 29 heavy (non-hydrogen) atoms. The summed E-state index contributed by atoms with van der Waals surface area (Å²) in [7, 11) is 1.69. The molecule has 1 N–H and O–H groups in total. The number of aromatic nitrogens is 2. The summed E-state index contributed by atoms with van der Waals surface area (Å²) in [6, 6.07) is 14.1. The summed E-state index contributed by atoms with van der Waals surface area (Å²) in [4.78, 5) is 17.3. The summed E-state index contributed by atoms with van der Waals surface area (Å²) >= 11 is 0. The van der Waals surface area contributed by atoms with Crippen molar-refractivity contribution in [2.75, 3.05) is 20.3 Å². The van der Waals surface area contributed by atoms with Crippen LogP contribution >= 0.6 is 0 Å². The number of carbonyl (C=O) groups is 1. The van der Waals surface area contributed by atoms with Crippen LogP contribution in [0.2, 0.25) is 0 Å². The molecule has 4 rings (SSSR count). The number of carbonyl (C=O) groups excluding carboxylic acids is 1. The molecule has 2 heterocycles. The molecule has 3 aromatic rings. The van der Waals surface area contributed by atoms with Crippen LogP contribution in [-0.2, 0) is 28.9 Å². The van der Waals surface area contributed by atoms with Crippen molar-refractivity contribution in [3.8, 4) is 5.75 Å². The van der Waals surface area contributed by atoms with E-state index in [4.69, 9.17) is 14.5 Å². The normalized spacial score (nSPS) is 13.9. The minimum absolute atomic E-state index is 0.0274. The van der Waals surface area contributed by atoms with Crippen molar-refractivity contribution in [3.05, 3.63) is 59.4 Å². The lowest BCUT2D eigenvalue weighted by Crippen LogP contribution is -2.29. The van der Waals surface area contributed by atoms with Crippen LogP contribution in [0, 0.1) is 0 Å². The predicted molar refractivity (Wildman–Crippen MR) is 112 cm³/mol. The van der Waals surface area contributed by atoms with Gasteiger partial charge >= 0.3 is 0 Å². The first kappa shape index (κ1) is 19.5. The Morgan fingerprint density at radius 1 is 1.31 bits per heavy atom. The lowest BCUT2D eigenvalue weighted by Gasteiger charge is -2.16. The summed E-state index contributed by atoms with van der Waals surface area (Å²) in [5, 5.41) is 3.11. The molecule has 6 heteroatoms. The van der Waals surface area contributed by atoms with Gasteiger partial charge in [-0.3, -0.25) is 4.79 Å². The van der Waals surface area contributed by atoms with E-state index < -0.39 is 0 Å². The number of rotatable bonds is 8. The monoisotopic (exact) mass is 393 g/mol. The number of nitrogens with zero attached hydrogens (tertiary/aromatic N) is 2. The minimum Gasteiger partial charge on any atom is -0.493 e. The zero-order valence-corrected chi connectivity index (χ0v) is 17.0. The van der Waals surface area contributed by atoms with Gasteiger partial charge in [-0.05, 0) is 42.7 Å². The molecule has 0 bridgehead atoms. The van der Waals surface area contributed by atoms with E-state index in [2.05, 4.69) is 16.0 Å². The van der Waals surface area contributed by atoms with E-state index in [9.17, 15) is 4.79 Å². The molecule has 1 atom stereocenters. The Hall–Kier alpha value is -2.86. The molecule has 2 aromatic carbocycles. The second kappa shape index (κ2) is 8.66. The smallest absolute Gasteiger partial charge is 0.220 e. The molecule has 1 aromatic heterocycles. The quantitative estimate of drug-likeness (QED) is 0.637. The van der Waals surface area contributed by atoms with Crippen molar-refractivity contribution in [1.82, 2.24) is 14.9 Å². The number of methoxy groups -OCH3 is 1. The molecule has 152 valence electrons. The van der Waals surface area contributed by atoms with E-state index in [0.717, 1.165) is 35.6 Å². The average Bonchev–Trinajstić information content (AvgIpc) is 3.34. The number of fused-ring (bicyclic) bond motifs is 2. The fraction of sp³-hybridized carbons (Fsp3) is 0.391. The maximum absolute atomic E-state index is 12.6. The third kappa shape index (κ3) is 4.27. The lowest BCUT2D eigenvalue weighted by molar-refractivity contribution is -0.121. The van der Waals surface area contributed by atoms with E-state index in [-0.39, 0.29) is 11.9 Å². The Morgan fingerprint density at radius 2 is 2.17 bits per heavy atom. The summed E-state index contributed by atoms with van der Waals surface area (Å²) in [6.07, 6.45) is 2.11. The third-order valence-corrected chi connectivity index (χ3v) is 5.36. The molecular weight excluding hydrogens is 366 g/mol. The molecule has 1 aliphatic rings. The van der Waals surface area contributed by atoms with Crippen LogP contribution in [0.3, 0.4) is 0 Å². The zero-order valence-electron chi connectivity index (χ0n) is 17.0. The predicted octanol–water partition coefficient (Wildman–Crippen LogP) is 3.43. The van der Waals surface area contributed by atoms with Gasteiger partial charge in [-0.2, -0.15) is 0 Å². The molecule has 0 aliphatic carbocycles. The van der Waals surface area contributed by atoms with Crippen LogP contribution in [0.5, 0.6) is 5.75 Å². The molecule has 0 saturated carbocycles. The Kier molecular flexibility index (Phi) is 5.81. The Morgan fingerprint density at radius 3 is 3.03 bits per heavy atom. The molecular formula is C23H27N3O3. The molecule has 1 aliphatic heterocycles. The fourth-order valence-corrected chi connectivity index (χ4v) is 3.87. The highest BCUT2D eigenvalue weighted by molar-refractivity contribution is 5.78. The number of amides is 1. The zero-order chi connectivity index (χ0) is 20.2. The molecule has 0 saturated heterocycles. The number of ether oxygens (including phenoxy) is 2. The van der Waals surface area contributed by atoms with Crippen LogP contribution in [0.4, 0.5) is 0 Å². The van der Waals surface area contributed by atoms with E-state index in [0.29, 0.717) is 26.0 Å². The van der Waals surface area contributed by atoms with Gasteiger partial charge in [0.05, 0.1) is 30.3 Å². The van der Waals surface area contributed by atoms with Gasteiger partial charge in [-0.25, -0.2) is 4.98 Å². The second-order valence-corrected chi connectivity index (χ2v) is 7.43. The Bertz CT molecular complexity index is 1010. The van der Waals surface area contributed by atoms with Gasteiger partial charge in [0.2, 0.25) is 5.91 Å². The highest BCUT2D eigenvalue weighted by atomic mass is 16.5. The summed E-state index contributed by atoms with van der Waals surface area (Å²) in [5.41, 5.74) is 4.40. The van der Waals surface area contributed by atoms with Crippen LogP contribution in [0.25, 0.3) is 11.0 Å². The number of benzene rings is 2. The van der Waals surface area contributed by atoms with Gasteiger partial charge in [-0.1, -0.05) is 24.3 Å². The number of para-hydroxylation sites is 2. The standard InChI is InChI=1S/C23H27N3O3/c1-16(23-25-19-5-3-4-6-20(19)26(23)12-14-28-2)24-22(27)10-8-17-7-9-21-18(15-17)11-13-29-21/h3-7,9,15-16H,8,10-14H2,1-2H3,(H,24,27). The molecule has 1 unspecified atom stereocenters. The van der Waals surface area contributed by atoms with Crippen LogP contribution < -0.4 is 10.1 Å². The van der Waals surface area contributed by atoms with Crippen molar-refractivity contribution >= 4 is 16.9 Å². The molecule has 1 amide bonds. The van der Waals surface area contributed by atoms with Gasteiger partial charge in [0.1, 0.15) is 11.6 Å². The second-order valence-electron chi connectivity index (χ2n) is 7.43. The van der Waals surface area contributed by atoms with E-state index in [1.165, 1.54) is 11.1 Å². The number of hydrogen-bond donors (Lipinski definition) is 1. The van der Waals surface area contributed by atoms with E-state index in [1.807, 2.05) is 43.3 Å². The van der Waals surface area contributed by atoms with E-state index >= 15 is 0 Å². The molecule has 0 fully saturated rings. The van der Waals surface area contributed by atoms with Crippen molar-refractivity contribution in [1.29, 1.82) is 0 Å². The fourth-order valence-electron chi connectivity index (χ4n) is 3.87. The lowest BCUT2D eigenvalue weighted by atomic mass is 10.0. The van der Waals surface area contributed by atoms with Crippen molar-refractivity contribution in [2.45, 2.75) is 38.8 Å². The van der Waals surface area contributed by atoms with Gasteiger partial charge in [-0.15, -0.1) is 0 Å². The first-order valence-corrected chi connectivity index (χ1v) is 10.1. The SMILES string of the molecule is COCCn1c(C(C)NC(=O)CCc2ccc3c(c2)CCO3)nc2ccccc21. The van der Waals surface area contributed by atoms with Crippen molar-refractivity contribution < 1.29 is 14.3 Å². The van der Waals surface area contributed by atoms with Gasteiger partial charge in [0.25, 0.3) is 0 Å². The number of nitrogens with one attached hydrogen (secondary N) is 1. The number of aryl methyl sites for hydroxylation is 1.